The van der Waals surface area contributed by atoms with Gasteiger partial charge in [0.15, 0.2) is 0 Å². The van der Waals surface area contributed by atoms with Gasteiger partial charge in [0.1, 0.15) is 6.29 Å². The van der Waals surface area contributed by atoms with Crippen LogP contribution in [-0.4, -0.2) is 6.29 Å². The van der Waals surface area contributed by atoms with Gasteiger partial charge in [-0.15, -0.1) is 0 Å². The Morgan fingerprint density at radius 2 is 1.55 bits per heavy atom. The van der Waals surface area contributed by atoms with Crippen molar-refractivity contribution in [2.24, 2.45) is 27.6 Å². The Morgan fingerprint density at radius 1 is 1.00 bits per heavy atom. The number of hydrogen-bond donors (Lipinski definition) is 0. The van der Waals surface area contributed by atoms with E-state index in [1.54, 1.807) is 0 Å². The summed E-state index contributed by atoms with van der Waals surface area (Å²) in [6.45, 7) is 18.7. The third kappa shape index (κ3) is 3.29. The van der Waals surface area contributed by atoms with Crippen molar-refractivity contribution >= 4 is 6.29 Å². The number of hydrogen-bond acceptors (Lipinski definition) is 1. The zero-order valence-electron chi connectivity index (χ0n) is 16.5. The van der Waals surface area contributed by atoms with E-state index in [4.69, 9.17) is 0 Å². The van der Waals surface area contributed by atoms with Crippen LogP contribution in [0.3, 0.4) is 0 Å². The first-order chi connectivity index (χ1) is 9.99. The molecule has 1 fully saturated rings. The molecule has 0 heterocycles. The summed E-state index contributed by atoms with van der Waals surface area (Å²) in [6, 6.07) is 0. The van der Waals surface area contributed by atoms with E-state index in [-0.39, 0.29) is 16.2 Å². The second-order valence-corrected chi connectivity index (χ2v) is 9.81. The van der Waals surface area contributed by atoms with Gasteiger partial charge in [0.2, 0.25) is 0 Å². The predicted octanol–water partition coefficient (Wildman–Crippen LogP) is 6.65. The quantitative estimate of drug-likeness (QED) is 0.410. The molecule has 0 aromatic carbocycles. The van der Waals surface area contributed by atoms with Gasteiger partial charge < -0.3 is 4.79 Å². The minimum absolute atomic E-state index is 0.0189. The van der Waals surface area contributed by atoms with Gasteiger partial charge in [-0.3, -0.25) is 0 Å². The first kappa shape index (κ1) is 19.7. The van der Waals surface area contributed by atoms with Crippen LogP contribution in [0.25, 0.3) is 0 Å². The Morgan fingerprint density at radius 3 is 1.95 bits per heavy atom. The highest BCUT2D eigenvalue weighted by atomic mass is 16.1. The van der Waals surface area contributed by atoms with Crippen LogP contribution in [-0.2, 0) is 4.79 Å². The Bertz CT molecular complexity index is 376. The Hall–Kier alpha value is -0.330. The number of carbonyl (C=O) groups is 1. The van der Waals surface area contributed by atoms with E-state index in [2.05, 4.69) is 55.4 Å². The summed E-state index contributed by atoms with van der Waals surface area (Å²) in [6.07, 6.45) is 9.67. The monoisotopic (exact) mass is 308 g/mol. The first-order valence-corrected chi connectivity index (χ1v) is 9.46. The minimum atomic E-state index is -0.205. The van der Waals surface area contributed by atoms with Gasteiger partial charge in [-0.2, -0.15) is 0 Å². The number of aldehydes is 1. The lowest BCUT2D eigenvalue weighted by atomic mass is 9.47. The van der Waals surface area contributed by atoms with E-state index in [9.17, 15) is 4.79 Å². The van der Waals surface area contributed by atoms with Crippen molar-refractivity contribution in [3.05, 3.63) is 0 Å². The molecule has 1 aliphatic carbocycles. The lowest BCUT2D eigenvalue weighted by Gasteiger charge is -2.56. The zero-order valence-corrected chi connectivity index (χ0v) is 16.5. The van der Waals surface area contributed by atoms with E-state index in [0.29, 0.717) is 11.3 Å². The summed E-state index contributed by atoms with van der Waals surface area (Å²) in [7, 11) is 0. The summed E-state index contributed by atoms with van der Waals surface area (Å²) < 4.78 is 0. The minimum Gasteiger partial charge on any atom is -0.303 e. The molecule has 0 aromatic rings. The Labute approximate surface area is 139 Å². The molecule has 0 bridgehead atoms. The van der Waals surface area contributed by atoms with Crippen LogP contribution >= 0.6 is 0 Å². The lowest BCUT2D eigenvalue weighted by molar-refractivity contribution is -0.144. The molecule has 0 spiro atoms. The molecule has 1 saturated carbocycles. The fraction of sp³-hybridized carbons (Fsp3) is 0.952. The molecule has 1 heteroatoms. The van der Waals surface area contributed by atoms with Crippen molar-refractivity contribution in [3.8, 4) is 0 Å². The van der Waals surface area contributed by atoms with E-state index >= 15 is 0 Å². The number of rotatable bonds is 5. The molecule has 3 atom stereocenters. The van der Waals surface area contributed by atoms with Gasteiger partial charge in [-0.1, -0.05) is 74.7 Å². The lowest BCUT2D eigenvalue weighted by Crippen LogP contribution is -2.53. The molecular formula is C21H40O. The zero-order chi connectivity index (χ0) is 17.2. The molecule has 1 rings (SSSR count). The van der Waals surface area contributed by atoms with Crippen molar-refractivity contribution in [2.75, 3.05) is 0 Å². The molecule has 0 aliphatic heterocycles. The van der Waals surface area contributed by atoms with Crippen LogP contribution in [0.1, 0.15) is 100 Å². The van der Waals surface area contributed by atoms with Crippen LogP contribution < -0.4 is 0 Å². The van der Waals surface area contributed by atoms with Gasteiger partial charge in [0.25, 0.3) is 0 Å². The third-order valence-electron chi connectivity index (χ3n) is 7.11. The maximum absolute atomic E-state index is 12.5. The summed E-state index contributed by atoms with van der Waals surface area (Å²) >= 11 is 0. The summed E-state index contributed by atoms with van der Waals surface area (Å²) in [5.74, 6) is 0.649. The normalized spacial score (nSPS) is 34.0. The van der Waals surface area contributed by atoms with Gasteiger partial charge in [0, 0.05) is 5.41 Å². The van der Waals surface area contributed by atoms with Crippen LogP contribution in [0.15, 0.2) is 0 Å². The molecule has 0 amide bonds. The van der Waals surface area contributed by atoms with Gasteiger partial charge >= 0.3 is 0 Å². The Balaban J connectivity index is 3.45. The maximum Gasteiger partial charge on any atom is 0.127 e. The number of carbonyl (C=O) groups excluding carboxylic acids is 1. The molecule has 1 aliphatic rings. The standard InChI is InChI=1S/C21H40O/c1-9-11-17(10-2)20(8)14-12-19(6,7)13-15-21(20,16-22)18(3,4)5/h16-17H,9-15H2,1-8H3. The van der Waals surface area contributed by atoms with Crippen LogP contribution in [0.2, 0.25) is 0 Å². The topological polar surface area (TPSA) is 17.1 Å². The summed E-state index contributed by atoms with van der Waals surface area (Å²) in [4.78, 5) is 12.5. The fourth-order valence-corrected chi connectivity index (χ4v) is 5.26. The summed E-state index contributed by atoms with van der Waals surface area (Å²) in [5, 5.41) is 0. The molecule has 22 heavy (non-hydrogen) atoms. The highest BCUT2D eigenvalue weighted by molar-refractivity contribution is 5.63. The van der Waals surface area contributed by atoms with Crippen LogP contribution in [0.4, 0.5) is 0 Å². The molecule has 3 unspecified atom stereocenters. The second-order valence-electron chi connectivity index (χ2n) is 9.81. The van der Waals surface area contributed by atoms with Crippen LogP contribution in [0.5, 0.6) is 0 Å². The Kier molecular flexibility index (Phi) is 5.96. The van der Waals surface area contributed by atoms with Crippen molar-refractivity contribution in [1.82, 2.24) is 0 Å². The average Bonchev–Trinajstić information content (AvgIpc) is 2.52. The fourth-order valence-electron chi connectivity index (χ4n) is 5.26. The molecule has 130 valence electrons. The summed E-state index contributed by atoms with van der Waals surface area (Å²) in [5.41, 5.74) is 0.294. The second kappa shape index (κ2) is 6.65. The first-order valence-electron chi connectivity index (χ1n) is 9.46. The third-order valence-corrected chi connectivity index (χ3v) is 7.11. The molecule has 0 radical (unpaired) electrons. The van der Waals surface area contributed by atoms with E-state index in [1.807, 2.05) is 0 Å². The van der Waals surface area contributed by atoms with E-state index < -0.39 is 0 Å². The molecular weight excluding hydrogens is 268 g/mol. The van der Waals surface area contributed by atoms with E-state index in [1.165, 1.54) is 44.8 Å². The van der Waals surface area contributed by atoms with Crippen molar-refractivity contribution in [3.63, 3.8) is 0 Å². The highest BCUT2D eigenvalue weighted by Crippen LogP contribution is 2.63. The van der Waals surface area contributed by atoms with Gasteiger partial charge in [-0.25, -0.2) is 0 Å². The van der Waals surface area contributed by atoms with Crippen LogP contribution in [0, 0.1) is 27.6 Å². The van der Waals surface area contributed by atoms with E-state index in [0.717, 1.165) is 6.42 Å². The molecule has 0 saturated heterocycles. The molecule has 0 N–H and O–H groups in total. The molecule has 1 nitrogen and oxygen atoms in total. The maximum atomic E-state index is 12.5. The van der Waals surface area contributed by atoms with Crippen molar-refractivity contribution < 1.29 is 4.79 Å². The largest absolute Gasteiger partial charge is 0.303 e. The van der Waals surface area contributed by atoms with Crippen molar-refractivity contribution in [2.45, 2.75) is 100 Å². The van der Waals surface area contributed by atoms with Gasteiger partial charge in [-0.05, 0) is 47.8 Å². The SMILES string of the molecule is CCCC(CC)C1(C)CCC(C)(C)CCC1(C=O)C(C)(C)C. The molecule has 0 aromatic heterocycles. The van der Waals surface area contributed by atoms with Crippen molar-refractivity contribution in [1.29, 1.82) is 0 Å². The van der Waals surface area contributed by atoms with Gasteiger partial charge in [0.05, 0.1) is 0 Å². The smallest absolute Gasteiger partial charge is 0.127 e. The average molecular weight is 309 g/mol. The predicted molar refractivity (Wildman–Crippen MR) is 97.0 cm³/mol. The highest BCUT2D eigenvalue weighted by Gasteiger charge is 2.58.